The van der Waals surface area contributed by atoms with Gasteiger partial charge in [-0.3, -0.25) is 4.79 Å². The van der Waals surface area contributed by atoms with Crippen molar-refractivity contribution in [3.63, 3.8) is 0 Å². The van der Waals surface area contributed by atoms with Gasteiger partial charge in [-0.2, -0.15) is 0 Å². The molecular weight excluding hydrogens is 436 g/mol. The van der Waals surface area contributed by atoms with Crippen molar-refractivity contribution in [2.24, 2.45) is 46.3 Å². The zero-order valence-electron chi connectivity index (χ0n) is 23.4. The topological polar surface area (TPSA) is 70.6 Å². The Morgan fingerprint density at radius 3 is 2.43 bits per heavy atom. The molecule has 5 unspecified atom stereocenters. The highest BCUT2D eigenvalue weighted by molar-refractivity contribution is 5.69. The van der Waals surface area contributed by atoms with Crippen LogP contribution in [-0.4, -0.2) is 49.5 Å². The van der Waals surface area contributed by atoms with E-state index in [2.05, 4.69) is 45.3 Å². The smallest absolute Gasteiger partial charge is 0.305 e. The van der Waals surface area contributed by atoms with Crippen LogP contribution in [0.3, 0.4) is 0 Å². The summed E-state index contributed by atoms with van der Waals surface area (Å²) in [6, 6.07) is 1.14. The van der Waals surface area contributed by atoms with Crippen molar-refractivity contribution in [3.05, 3.63) is 0 Å². The van der Waals surface area contributed by atoms with Gasteiger partial charge in [-0.25, -0.2) is 0 Å². The van der Waals surface area contributed by atoms with Crippen molar-refractivity contribution in [3.8, 4) is 0 Å². The van der Waals surface area contributed by atoms with E-state index in [-0.39, 0.29) is 12.1 Å². The van der Waals surface area contributed by atoms with Gasteiger partial charge in [0.2, 0.25) is 0 Å². The summed E-state index contributed by atoms with van der Waals surface area (Å²) in [5, 5.41) is 19.0. The van der Waals surface area contributed by atoms with Crippen molar-refractivity contribution in [2.75, 3.05) is 20.2 Å². The highest BCUT2D eigenvalue weighted by Crippen LogP contribution is 2.68. The Morgan fingerprint density at radius 1 is 1.00 bits per heavy atom. The molecule has 4 fully saturated rings. The number of nitrogens with one attached hydrogen (secondary N) is 2. The second kappa shape index (κ2) is 11.0. The van der Waals surface area contributed by atoms with Gasteiger partial charge >= 0.3 is 5.97 Å². The van der Waals surface area contributed by atoms with E-state index in [1.54, 1.807) is 0 Å². The largest absolute Gasteiger partial charge is 0.469 e. The molecule has 10 atom stereocenters. The van der Waals surface area contributed by atoms with Gasteiger partial charge in [0.05, 0.1) is 13.2 Å². The van der Waals surface area contributed by atoms with E-state index in [4.69, 9.17) is 4.74 Å². The van der Waals surface area contributed by atoms with Crippen LogP contribution in [0.4, 0.5) is 0 Å². The summed E-state index contributed by atoms with van der Waals surface area (Å²) in [4.78, 5) is 11.8. The number of ether oxygens (including phenoxy) is 1. The Hall–Kier alpha value is -0.650. The van der Waals surface area contributed by atoms with Gasteiger partial charge in [0.15, 0.2) is 0 Å². The van der Waals surface area contributed by atoms with E-state index in [0.29, 0.717) is 64.8 Å². The number of carbonyl (C=O) groups excluding carboxylic acids is 1. The summed E-state index contributed by atoms with van der Waals surface area (Å²) in [6.45, 7) is 14.0. The van der Waals surface area contributed by atoms with Crippen molar-refractivity contribution >= 4 is 5.97 Å². The molecule has 0 aromatic carbocycles. The van der Waals surface area contributed by atoms with E-state index >= 15 is 0 Å². The predicted octanol–water partition coefficient (Wildman–Crippen LogP) is 5.16. The number of aliphatic hydroxyl groups excluding tert-OH is 1. The molecule has 0 amide bonds. The lowest BCUT2D eigenvalue weighted by Crippen LogP contribution is -2.59. The molecule has 0 bridgehead atoms. The molecule has 0 spiro atoms. The maximum absolute atomic E-state index is 11.8. The lowest BCUT2D eigenvalue weighted by Gasteiger charge is -2.62. The maximum atomic E-state index is 11.8. The molecule has 3 N–H and O–H groups in total. The van der Waals surface area contributed by atoms with E-state index in [1.165, 1.54) is 52.1 Å². The third-order valence-corrected chi connectivity index (χ3v) is 11.6. The molecule has 202 valence electrons. The van der Waals surface area contributed by atoms with Crippen molar-refractivity contribution in [2.45, 2.75) is 117 Å². The summed E-state index contributed by atoms with van der Waals surface area (Å²) < 4.78 is 4.91. The minimum Gasteiger partial charge on any atom is -0.469 e. The van der Waals surface area contributed by atoms with Crippen LogP contribution in [0.5, 0.6) is 0 Å². The molecule has 0 heterocycles. The molecule has 4 saturated carbocycles. The first-order chi connectivity index (χ1) is 16.6. The van der Waals surface area contributed by atoms with Crippen LogP contribution in [0.1, 0.15) is 98.8 Å². The normalized spacial score (nSPS) is 43.8. The van der Waals surface area contributed by atoms with Crippen LogP contribution in [0.15, 0.2) is 0 Å². The third-order valence-electron chi connectivity index (χ3n) is 11.6. The SMILES string of the molecule is COC(=O)CCC(C)[C@H]1CCC2C3C(CC[C@@]21C)[C@@]1(C)CCC(NCCNC(C)C)C[C@H]1C[C@H]3O. The Bertz CT molecular complexity index is 728. The Labute approximate surface area is 214 Å². The summed E-state index contributed by atoms with van der Waals surface area (Å²) >= 11 is 0. The molecule has 0 aliphatic heterocycles. The number of esters is 1. The quantitative estimate of drug-likeness (QED) is 0.308. The van der Waals surface area contributed by atoms with Crippen LogP contribution in [0.2, 0.25) is 0 Å². The molecule has 35 heavy (non-hydrogen) atoms. The van der Waals surface area contributed by atoms with Gasteiger partial charge in [0, 0.05) is 31.6 Å². The molecule has 0 aromatic heterocycles. The van der Waals surface area contributed by atoms with E-state index < -0.39 is 0 Å². The van der Waals surface area contributed by atoms with Crippen LogP contribution in [0, 0.1) is 46.3 Å². The summed E-state index contributed by atoms with van der Waals surface area (Å²) in [5.74, 6) is 3.53. The zero-order chi connectivity index (χ0) is 25.4. The molecule has 0 saturated heterocycles. The number of methoxy groups -OCH3 is 1. The number of aliphatic hydroxyl groups is 1. The average molecular weight is 491 g/mol. The van der Waals surface area contributed by atoms with E-state index in [9.17, 15) is 9.90 Å². The Balaban J connectivity index is 1.40. The molecule has 0 radical (unpaired) electrons. The van der Waals surface area contributed by atoms with E-state index in [1.807, 2.05) is 0 Å². The average Bonchev–Trinajstić information content (AvgIpc) is 3.17. The van der Waals surface area contributed by atoms with Crippen LogP contribution >= 0.6 is 0 Å². The summed E-state index contributed by atoms with van der Waals surface area (Å²) in [6.07, 6.45) is 11.2. The summed E-state index contributed by atoms with van der Waals surface area (Å²) in [5.41, 5.74) is 0.692. The molecule has 4 aliphatic carbocycles. The Kier molecular flexibility index (Phi) is 8.60. The number of rotatable bonds is 9. The molecule has 4 rings (SSSR count). The maximum Gasteiger partial charge on any atom is 0.305 e. The fraction of sp³-hybridized carbons (Fsp3) is 0.967. The van der Waals surface area contributed by atoms with Gasteiger partial charge in [-0.15, -0.1) is 0 Å². The van der Waals surface area contributed by atoms with Crippen molar-refractivity contribution in [1.29, 1.82) is 0 Å². The van der Waals surface area contributed by atoms with Gasteiger partial charge in [-0.05, 0) is 104 Å². The fourth-order valence-corrected chi connectivity index (χ4v) is 9.67. The predicted molar refractivity (Wildman–Crippen MR) is 142 cm³/mol. The Morgan fingerprint density at radius 2 is 1.71 bits per heavy atom. The van der Waals surface area contributed by atoms with Gasteiger partial charge in [-0.1, -0.05) is 34.6 Å². The molecule has 5 nitrogen and oxygen atoms in total. The lowest BCUT2D eigenvalue weighted by molar-refractivity contribution is -0.167. The minimum absolute atomic E-state index is 0.0804. The number of carbonyl (C=O) groups is 1. The minimum atomic E-state index is -0.145. The first-order valence-corrected chi connectivity index (χ1v) is 14.8. The number of hydrogen-bond donors (Lipinski definition) is 3. The third kappa shape index (κ3) is 5.34. The molecule has 4 aliphatic rings. The van der Waals surface area contributed by atoms with Gasteiger partial charge in [0.25, 0.3) is 0 Å². The van der Waals surface area contributed by atoms with Crippen LogP contribution < -0.4 is 10.6 Å². The standard InChI is InChI=1S/C30H54N2O3/c1-19(2)31-15-16-32-22-11-13-29(4)21(17-22)18-26(33)28-24-9-8-23(20(3)7-10-27(34)35-6)30(24,5)14-12-25(28)29/h19-26,28,31-33H,7-18H2,1-6H3/t20?,21-,22?,23+,24?,25?,26+,28?,29-,30+/m0/s1. The van der Waals surface area contributed by atoms with Crippen molar-refractivity contribution in [1.82, 2.24) is 10.6 Å². The monoisotopic (exact) mass is 490 g/mol. The first-order valence-electron chi connectivity index (χ1n) is 14.8. The molecule has 0 aromatic rings. The first kappa shape index (κ1) is 27.4. The van der Waals surface area contributed by atoms with Gasteiger partial charge in [0.1, 0.15) is 0 Å². The highest BCUT2D eigenvalue weighted by atomic mass is 16.5. The number of fused-ring (bicyclic) bond motifs is 5. The van der Waals surface area contributed by atoms with Crippen molar-refractivity contribution < 1.29 is 14.6 Å². The summed E-state index contributed by atoms with van der Waals surface area (Å²) in [7, 11) is 1.49. The molecular formula is C30H54N2O3. The second-order valence-corrected chi connectivity index (χ2v) is 13.7. The second-order valence-electron chi connectivity index (χ2n) is 13.7. The zero-order valence-corrected chi connectivity index (χ0v) is 23.4. The van der Waals surface area contributed by atoms with Crippen LogP contribution in [-0.2, 0) is 9.53 Å². The molecule has 5 heteroatoms. The highest BCUT2D eigenvalue weighted by Gasteiger charge is 2.62. The van der Waals surface area contributed by atoms with Crippen LogP contribution in [0.25, 0.3) is 0 Å². The lowest BCUT2D eigenvalue weighted by atomic mass is 9.43. The number of hydrogen-bond acceptors (Lipinski definition) is 5. The van der Waals surface area contributed by atoms with E-state index in [0.717, 1.165) is 25.9 Å². The van der Waals surface area contributed by atoms with Gasteiger partial charge < -0.3 is 20.5 Å². The fourth-order valence-electron chi connectivity index (χ4n) is 9.67.